The van der Waals surface area contributed by atoms with Gasteiger partial charge in [-0.05, 0) is 32.3 Å². The summed E-state index contributed by atoms with van der Waals surface area (Å²) >= 11 is 0. The van der Waals surface area contributed by atoms with E-state index in [0.29, 0.717) is 13.1 Å². The van der Waals surface area contributed by atoms with Crippen LogP contribution in [0.1, 0.15) is 32.3 Å². The highest BCUT2D eigenvalue weighted by atomic mass is 16.6. The number of carbonyl (C=O) groups excluding carboxylic acids is 1. The summed E-state index contributed by atoms with van der Waals surface area (Å²) in [5.74, 6) is -0.148. The van der Waals surface area contributed by atoms with Crippen LogP contribution < -0.4 is 0 Å². The first-order valence-electron chi connectivity index (χ1n) is 7.77. The van der Waals surface area contributed by atoms with E-state index in [9.17, 15) is 15.0 Å². The van der Waals surface area contributed by atoms with Crippen LogP contribution in [-0.2, 0) is 11.3 Å². The molecule has 1 unspecified atom stereocenters. The van der Waals surface area contributed by atoms with Gasteiger partial charge in [0.2, 0.25) is 0 Å². The van der Waals surface area contributed by atoms with E-state index in [2.05, 4.69) is 0 Å². The first-order valence-corrected chi connectivity index (χ1v) is 7.77. The van der Waals surface area contributed by atoms with Crippen molar-refractivity contribution in [3.05, 3.63) is 35.9 Å². The van der Waals surface area contributed by atoms with Gasteiger partial charge in [-0.15, -0.1) is 0 Å². The topological polar surface area (TPSA) is 70.0 Å². The Morgan fingerprint density at radius 1 is 1.45 bits per heavy atom. The van der Waals surface area contributed by atoms with Gasteiger partial charge in [-0.25, -0.2) is 4.79 Å². The molecular formula is C17H25NO4. The summed E-state index contributed by atoms with van der Waals surface area (Å²) in [5.41, 5.74) is -0.251. The summed E-state index contributed by atoms with van der Waals surface area (Å²) in [6.07, 6.45) is 0.390. The lowest BCUT2D eigenvalue weighted by molar-refractivity contribution is -0.107. The number of ether oxygens (including phenoxy) is 1. The van der Waals surface area contributed by atoms with Gasteiger partial charge in [0.25, 0.3) is 0 Å². The van der Waals surface area contributed by atoms with Crippen molar-refractivity contribution < 1.29 is 19.7 Å². The van der Waals surface area contributed by atoms with E-state index >= 15 is 0 Å². The Hall–Kier alpha value is -1.59. The average Bonchev–Trinajstić information content (AvgIpc) is 2.53. The zero-order chi connectivity index (χ0) is 16.2. The van der Waals surface area contributed by atoms with Crippen LogP contribution in [0, 0.1) is 5.92 Å². The second-order valence-corrected chi connectivity index (χ2v) is 6.23. The van der Waals surface area contributed by atoms with Crippen LogP contribution in [-0.4, -0.2) is 46.0 Å². The molecule has 2 rings (SSSR count). The van der Waals surface area contributed by atoms with Crippen molar-refractivity contribution in [1.82, 2.24) is 4.90 Å². The molecule has 5 nitrogen and oxygen atoms in total. The monoisotopic (exact) mass is 307 g/mol. The molecule has 1 aromatic rings. The lowest BCUT2D eigenvalue weighted by atomic mass is 9.80. The standard InChI is InChI=1S/C17H25NO4/c1-13(19)17(2,21)15-9-6-10-18(11-15)16(20)22-12-14-7-4-3-5-8-14/h3-5,7-8,13,15,19,21H,6,9-12H2,1-2H3/t13?,15-,17+/m0/s1. The molecule has 1 saturated heterocycles. The first kappa shape index (κ1) is 16.8. The van der Waals surface area contributed by atoms with Crippen LogP contribution in [0.5, 0.6) is 0 Å². The average molecular weight is 307 g/mol. The molecule has 0 aromatic heterocycles. The number of benzene rings is 1. The predicted octanol–water partition coefficient (Wildman–Crippen LogP) is 2.17. The molecule has 0 bridgehead atoms. The quantitative estimate of drug-likeness (QED) is 0.894. The third-order valence-electron chi connectivity index (χ3n) is 4.56. The number of likely N-dealkylation sites (tertiary alicyclic amines) is 1. The van der Waals surface area contributed by atoms with Gasteiger partial charge in [-0.1, -0.05) is 30.3 Å². The van der Waals surface area contributed by atoms with Crippen LogP contribution in [0.4, 0.5) is 4.79 Å². The van der Waals surface area contributed by atoms with Crippen LogP contribution in [0.15, 0.2) is 30.3 Å². The highest BCUT2D eigenvalue weighted by molar-refractivity contribution is 5.67. The minimum atomic E-state index is -1.20. The van der Waals surface area contributed by atoms with Gasteiger partial charge in [-0.3, -0.25) is 0 Å². The molecule has 1 heterocycles. The maximum Gasteiger partial charge on any atom is 0.410 e. The Morgan fingerprint density at radius 2 is 2.14 bits per heavy atom. The Labute approximate surface area is 131 Å². The summed E-state index contributed by atoms with van der Waals surface area (Å²) in [6, 6.07) is 9.54. The van der Waals surface area contributed by atoms with Crippen LogP contribution in [0.25, 0.3) is 0 Å². The SMILES string of the molecule is CC(O)[C@@](C)(O)[C@H]1CCCN(C(=O)OCc2ccccc2)C1. The van der Waals surface area contributed by atoms with Gasteiger partial charge in [0, 0.05) is 19.0 Å². The molecule has 2 N–H and O–H groups in total. The smallest absolute Gasteiger partial charge is 0.410 e. The normalized spacial score (nSPS) is 22.7. The predicted molar refractivity (Wildman–Crippen MR) is 83.2 cm³/mol. The second kappa shape index (κ2) is 7.11. The Morgan fingerprint density at radius 3 is 2.77 bits per heavy atom. The Bertz CT molecular complexity index is 487. The van der Waals surface area contributed by atoms with Gasteiger partial charge in [0.1, 0.15) is 6.61 Å². The number of nitrogens with zero attached hydrogens (tertiary/aromatic N) is 1. The summed E-state index contributed by atoms with van der Waals surface area (Å²) in [5, 5.41) is 20.1. The van der Waals surface area contributed by atoms with Gasteiger partial charge < -0.3 is 19.8 Å². The molecular weight excluding hydrogens is 282 g/mol. The summed E-state index contributed by atoms with van der Waals surface area (Å²) < 4.78 is 5.33. The van der Waals surface area contributed by atoms with E-state index in [-0.39, 0.29) is 18.6 Å². The Kier molecular flexibility index (Phi) is 5.42. The highest BCUT2D eigenvalue weighted by Crippen LogP contribution is 2.30. The molecule has 1 aliphatic rings. The number of rotatable bonds is 4. The maximum absolute atomic E-state index is 12.2. The molecule has 0 spiro atoms. The number of amides is 1. The van der Waals surface area contributed by atoms with E-state index in [4.69, 9.17) is 4.74 Å². The Balaban J connectivity index is 1.90. The zero-order valence-electron chi connectivity index (χ0n) is 13.2. The molecule has 0 aliphatic carbocycles. The van der Waals surface area contributed by atoms with Crippen molar-refractivity contribution in [1.29, 1.82) is 0 Å². The molecule has 1 amide bonds. The molecule has 1 aliphatic heterocycles. The molecule has 1 aromatic carbocycles. The lowest BCUT2D eigenvalue weighted by Crippen LogP contribution is -2.52. The number of carbonyl (C=O) groups is 1. The first-order chi connectivity index (χ1) is 10.4. The van der Waals surface area contributed by atoms with Crippen molar-refractivity contribution in [2.24, 2.45) is 5.92 Å². The van der Waals surface area contributed by atoms with E-state index < -0.39 is 11.7 Å². The van der Waals surface area contributed by atoms with Gasteiger partial charge >= 0.3 is 6.09 Å². The number of hydrogen-bond donors (Lipinski definition) is 2. The van der Waals surface area contributed by atoms with Crippen molar-refractivity contribution in [3.63, 3.8) is 0 Å². The molecule has 0 saturated carbocycles. The van der Waals surface area contributed by atoms with E-state index in [1.807, 2.05) is 30.3 Å². The summed E-state index contributed by atoms with van der Waals surface area (Å²) in [7, 11) is 0. The third-order valence-corrected chi connectivity index (χ3v) is 4.56. The van der Waals surface area contributed by atoms with Crippen molar-refractivity contribution in [2.45, 2.75) is 45.0 Å². The van der Waals surface area contributed by atoms with Crippen molar-refractivity contribution >= 4 is 6.09 Å². The lowest BCUT2D eigenvalue weighted by Gasteiger charge is -2.41. The van der Waals surface area contributed by atoms with Crippen molar-refractivity contribution in [3.8, 4) is 0 Å². The number of piperidine rings is 1. The largest absolute Gasteiger partial charge is 0.445 e. The molecule has 3 atom stereocenters. The fraction of sp³-hybridized carbons (Fsp3) is 0.588. The molecule has 1 fully saturated rings. The highest BCUT2D eigenvalue weighted by Gasteiger charge is 2.40. The number of aliphatic hydroxyl groups is 2. The van der Waals surface area contributed by atoms with Crippen LogP contribution >= 0.6 is 0 Å². The molecule has 0 radical (unpaired) electrons. The summed E-state index contributed by atoms with van der Waals surface area (Å²) in [6.45, 7) is 4.48. The maximum atomic E-state index is 12.2. The fourth-order valence-electron chi connectivity index (χ4n) is 2.77. The fourth-order valence-corrected chi connectivity index (χ4v) is 2.77. The summed E-state index contributed by atoms with van der Waals surface area (Å²) in [4.78, 5) is 13.8. The second-order valence-electron chi connectivity index (χ2n) is 6.23. The zero-order valence-corrected chi connectivity index (χ0v) is 13.2. The minimum Gasteiger partial charge on any atom is -0.445 e. The van der Waals surface area contributed by atoms with E-state index in [1.54, 1.807) is 18.7 Å². The van der Waals surface area contributed by atoms with Crippen LogP contribution in [0.2, 0.25) is 0 Å². The molecule has 122 valence electrons. The van der Waals surface area contributed by atoms with Crippen LogP contribution in [0.3, 0.4) is 0 Å². The van der Waals surface area contributed by atoms with E-state index in [0.717, 1.165) is 18.4 Å². The number of aliphatic hydroxyl groups excluding tert-OH is 1. The minimum absolute atomic E-state index is 0.148. The van der Waals surface area contributed by atoms with Crippen molar-refractivity contribution in [2.75, 3.05) is 13.1 Å². The number of hydrogen-bond acceptors (Lipinski definition) is 4. The van der Waals surface area contributed by atoms with Gasteiger partial charge in [0.05, 0.1) is 11.7 Å². The van der Waals surface area contributed by atoms with E-state index in [1.165, 1.54) is 0 Å². The molecule has 22 heavy (non-hydrogen) atoms. The molecule has 5 heteroatoms. The van der Waals surface area contributed by atoms with Gasteiger partial charge in [0.15, 0.2) is 0 Å². The third kappa shape index (κ3) is 3.99. The van der Waals surface area contributed by atoms with Gasteiger partial charge in [-0.2, -0.15) is 0 Å².